The van der Waals surface area contributed by atoms with E-state index in [4.69, 9.17) is 0 Å². The second-order valence-corrected chi connectivity index (χ2v) is 8.93. The number of amides is 1. The summed E-state index contributed by atoms with van der Waals surface area (Å²) in [6.07, 6.45) is 4.59. The minimum absolute atomic E-state index is 0. The Morgan fingerprint density at radius 1 is 1.35 bits per heavy atom. The molecule has 1 heterocycles. The van der Waals surface area contributed by atoms with E-state index in [1.54, 1.807) is 30.0 Å². The maximum Gasteiger partial charge on any atom is 0.241 e. The highest BCUT2D eigenvalue weighted by atomic mass is 35.5. The summed E-state index contributed by atoms with van der Waals surface area (Å²) in [7, 11) is -3.71. The lowest BCUT2D eigenvalue weighted by Gasteiger charge is -2.24. The van der Waals surface area contributed by atoms with E-state index < -0.39 is 16.1 Å². The number of rotatable bonds is 9. The average molecular weight is 422 g/mol. The highest BCUT2D eigenvalue weighted by Crippen LogP contribution is 2.12. The molecule has 26 heavy (non-hydrogen) atoms. The molecule has 1 aliphatic heterocycles. The molecule has 3 N–H and O–H groups in total. The van der Waals surface area contributed by atoms with Crippen LogP contribution in [0.1, 0.15) is 19.3 Å². The van der Waals surface area contributed by atoms with E-state index in [-0.39, 0.29) is 23.2 Å². The van der Waals surface area contributed by atoms with Crippen molar-refractivity contribution in [3.05, 3.63) is 30.3 Å². The van der Waals surface area contributed by atoms with E-state index in [0.717, 1.165) is 25.9 Å². The zero-order valence-electron chi connectivity index (χ0n) is 14.9. The van der Waals surface area contributed by atoms with Gasteiger partial charge in [0.05, 0.1) is 4.90 Å². The van der Waals surface area contributed by atoms with Crippen LogP contribution >= 0.6 is 24.2 Å². The van der Waals surface area contributed by atoms with E-state index in [9.17, 15) is 13.2 Å². The number of hydrogen-bond acceptors (Lipinski definition) is 5. The maximum absolute atomic E-state index is 12.5. The third-order valence-electron chi connectivity index (χ3n) is 4.24. The van der Waals surface area contributed by atoms with Gasteiger partial charge in [0.15, 0.2) is 0 Å². The molecule has 1 amide bonds. The molecule has 1 aromatic rings. The zero-order valence-corrected chi connectivity index (χ0v) is 17.4. The van der Waals surface area contributed by atoms with Gasteiger partial charge in [-0.25, -0.2) is 8.42 Å². The topological polar surface area (TPSA) is 87.3 Å². The van der Waals surface area contributed by atoms with Gasteiger partial charge >= 0.3 is 0 Å². The molecule has 1 aromatic carbocycles. The van der Waals surface area contributed by atoms with E-state index in [0.29, 0.717) is 24.6 Å². The first-order valence-electron chi connectivity index (χ1n) is 8.57. The Balaban J connectivity index is 0.00000338. The third kappa shape index (κ3) is 7.44. The van der Waals surface area contributed by atoms with Crippen molar-refractivity contribution in [2.24, 2.45) is 5.92 Å². The molecule has 0 saturated carbocycles. The fraction of sp³-hybridized carbons (Fsp3) is 0.588. The van der Waals surface area contributed by atoms with Crippen LogP contribution in [0.2, 0.25) is 0 Å². The SMILES string of the molecule is CSCCC(NS(=O)(=O)c1ccccc1)C(=O)NCC1CCCNC1.Cl. The first-order chi connectivity index (χ1) is 12.0. The lowest BCUT2D eigenvalue weighted by Crippen LogP contribution is -2.49. The Kier molecular flexibility index (Phi) is 10.6. The fourth-order valence-corrected chi connectivity index (χ4v) is 4.52. The van der Waals surface area contributed by atoms with Crippen molar-refractivity contribution < 1.29 is 13.2 Å². The minimum atomic E-state index is -3.71. The monoisotopic (exact) mass is 421 g/mol. The molecule has 2 rings (SSSR count). The van der Waals surface area contributed by atoms with Crippen LogP contribution in [-0.4, -0.2) is 52.0 Å². The number of thioether (sulfide) groups is 1. The molecule has 1 saturated heterocycles. The van der Waals surface area contributed by atoms with Gasteiger partial charge in [-0.1, -0.05) is 18.2 Å². The summed E-state index contributed by atoms with van der Waals surface area (Å²) in [5.74, 6) is 0.865. The molecule has 2 unspecified atom stereocenters. The Labute approximate surface area is 166 Å². The van der Waals surface area contributed by atoms with Crippen molar-refractivity contribution in [2.75, 3.05) is 31.6 Å². The van der Waals surface area contributed by atoms with E-state index in [1.807, 2.05) is 6.26 Å². The Morgan fingerprint density at radius 2 is 2.08 bits per heavy atom. The maximum atomic E-state index is 12.5. The minimum Gasteiger partial charge on any atom is -0.354 e. The van der Waals surface area contributed by atoms with E-state index in [1.165, 1.54) is 12.1 Å². The van der Waals surface area contributed by atoms with Gasteiger partial charge in [0.25, 0.3) is 0 Å². The molecule has 0 bridgehead atoms. The number of carbonyl (C=O) groups excluding carboxylic acids is 1. The molecular formula is C17H28ClN3O3S2. The first-order valence-corrected chi connectivity index (χ1v) is 11.5. The molecule has 2 atom stereocenters. The summed E-state index contributed by atoms with van der Waals surface area (Å²) in [5, 5.41) is 6.24. The second-order valence-electron chi connectivity index (χ2n) is 6.23. The van der Waals surface area contributed by atoms with Gasteiger partial charge in [0.2, 0.25) is 15.9 Å². The number of nitrogens with one attached hydrogen (secondary N) is 3. The summed E-state index contributed by atoms with van der Waals surface area (Å²) in [5.41, 5.74) is 0. The third-order valence-corrected chi connectivity index (χ3v) is 6.37. The van der Waals surface area contributed by atoms with Gasteiger partial charge in [0, 0.05) is 6.54 Å². The quantitative estimate of drug-likeness (QED) is 0.564. The standard InChI is InChI=1S/C17H27N3O3S2.ClH/c1-24-11-9-16(17(21)19-13-14-6-5-10-18-12-14)20-25(22,23)15-7-3-2-4-8-15;/h2-4,7-8,14,16,18,20H,5-6,9-13H2,1H3,(H,19,21);1H. The molecule has 6 nitrogen and oxygen atoms in total. The zero-order chi connectivity index (χ0) is 18.1. The van der Waals surface area contributed by atoms with Gasteiger partial charge in [-0.3, -0.25) is 4.79 Å². The summed E-state index contributed by atoms with van der Waals surface area (Å²) in [6.45, 7) is 2.50. The van der Waals surface area contributed by atoms with Crippen molar-refractivity contribution in [3.8, 4) is 0 Å². The Morgan fingerprint density at radius 3 is 2.69 bits per heavy atom. The first kappa shape index (κ1) is 23.2. The van der Waals surface area contributed by atoms with Gasteiger partial charge in [-0.2, -0.15) is 16.5 Å². The molecule has 148 valence electrons. The number of carbonyl (C=O) groups is 1. The highest BCUT2D eigenvalue weighted by Gasteiger charge is 2.26. The molecule has 1 aliphatic rings. The van der Waals surface area contributed by atoms with Crippen molar-refractivity contribution in [2.45, 2.75) is 30.2 Å². The van der Waals surface area contributed by atoms with Crippen LogP contribution in [-0.2, 0) is 14.8 Å². The molecule has 0 radical (unpaired) electrons. The lowest BCUT2D eigenvalue weighted by molar-refractivity contribution is -0.123. The molecule has 0 aliphatic carbocycles. The Bertz CT molecular complexity index is 638. The van der Waals surface area contributed by atoms with E-state index >= 15 is 0 Å². The van der Waals surface area contributed by atoms with Gasteiger partial charge < -0.3 is 10.6 Å². The Hall–Kier alpha value is -0.800. The van der Waals surface area contributed by atoms with Crippen LogP contribution in [0.5, 0.6) is 0 Å². The van der Waals surface area contributed by atoms with Gasteiger partial charge in [-0.15, -0.1) is 12.4 Å². The second kappa shape index (κ2) is 11.8. The van der Waals surface area contributed by atoms with E-state index in [2.05, 4.69) is 15.4 Å². The van der Waals surface area contributed by atoms with Gasteiger partial charge in [0.1, 0.15) is 6.04 Å². The number of sulfonamides is 1. The van der Waals surface area contributed by atoms with Crippen molar-refractivity contribution in [1.82, 2.24) is 15.4 Å². The summed E-state index contributed by atoms with van der Waals surface area (Å²) in [6, 6.07) is 7.39. The predicted octanol–water partition coefficient (Wildman–Crippen LogP) is 1.62. The van der Waals surface area contributed by atoms with Crippen molar-refractivity contribution in [1.29, 1.82) is 0 Å². The van der Waals surface area contributed by atoms with Crippen LogP contribution in [0.25, 0.3) is 0 Å². The average Bonchev–Trinajstić information content (AvgIpc) is 2.64. The summed E-state index contributed by atoms with van der Waals surface area (Å²) < 4.78 is 27.6. The van der Waals surface area contributed by atoms with Crippen LogP contribution < -0.4 is 15.4 Å². The highest BCUT2D eigenvalue weighted by molar-refractivity contribution is 7.98. The largest absolute Gasteiger partial charge is 0.354 e. The predicted molar refractivity (Wildman–Crippen MR) is 109 cm³/mol. The molecule has 9 heteroatoms. The fourth-order valence-electron chi connectivity index (χ4n) is 2.80. The van der Waals surface area contributed by atoms with Crippen LogP contribution in [0.15, 0.2) is 35.2 Å². The van der Waals surface area contributed by atoms with Crippen LogP contribution in [0, 0.1) is 5.92 Å². The smallest absolute Gasteiger partial charge is 0.241 e. The normalized spacial score (nSPS) is 18.6. The molecular weight excluding hydrogens is 394 g/mol. The van der Waals surface area contributed by atoms with Crippen molar-refractivity contribution >= 4 is 40.1 Å². The van der Waals surface area contributed by atoms with Crippen LogP contribution in [0.4, 0.5) is 0 Å². The van der Waals surface area contributed by atoms with Crippen molar-refractivity contribution in [3.63, 3.8) is 0 Å². The summed E-state index contributed by atoms with van der Waals surface area (Å²) in [4.78, 5) is 12.7. The lowest BCUT2D eigenvalue weighted by atomic mass is 9.99. The molecule has 0 spiro atoms. The van der Waals surface area contributed by atoms with Gasteiger partial charge in [-0.05, 0) is 62.4 Å². The number of hydrogen-bond donors (Lipinski definition) is 3. The number of benzene rings is 1. The van der Waals surface area contributed by atoms with Crippen LogP contribution in [0.3, 0.4) is 0 Å². The number of halogens is 1. The summed E-state index contributed by atoms with van der Waals surface area (Å²) >= 11 is 1.59. The molecule has 0 aromatic heterocycles. The molecule has 1 fully saturated rings. The number of piperidine rings is 1.